The van der Waals surface area contributed by atoms with Gasteiger partial charge in [-0.05, 0) is 26.0 Å². The minimum atomic E-state index is -0.267. The number of rotatable bonds is 3. The van der Waals surface area contributed by atoms with Crippen LogP contribution < -0.4 is 15.0 Å². The fourth-order valence-corrected chi connectivity index (χ4v) is 2.27. The van der Waals surface area contributed by atoms with E-state index >= 15 is 0 Å². The van der Waals surface area contributed by atoms with Crippen LogP contribution in [0, 0.1) is 13.8 Å². The monoisotopic (exact) mass is 298 g/mol. The van der Waals surface area contributed by atoms with Crippen LogP contribution in [0.5, 0.6) is 17.6 Å². The molecule has 1 aromatic carbocycles. The maximum absolute atomic E-state index is 12.3. The molecule has 2 heterocycles. The number of hydrogen-bond acceptors (Lipinski definition) is 5. The third kappa shape index (κ3) is 2.15. The molecular formula is C15H15BN2O4. The molecule has 3 aromatic rings. The Labute approximate surface area is 127 Å². The van der Waals surface area contributed by atoms with Crippen molar-refractivity contribution in [2.45, 2.75) is 13.8 Å². The van der Waals surface area contributed by atoms with Crippen LogP contribution in [0.4, 0.5) is 0 Å². The number of benzene rings is 1. The zero-order chi connectivity index (χ0) is 15.9. The van der Waals surface area contributed by atoms with E-state index in [1.165, 1.54) is 11.6 Å². The predicted molar refractivity (Wildman–Crippen MR) is 84.8 cm³/mol. The van der Waals surface area contributed by atoms with Crippen molar-refractivity contribution in [1.29, 1.82) is 0 Å². The molecule has 0 amide bonds. The van der Waals surface area contributed by atoms with Crippen molar-refractivity contribution in [1.82, 2.24) is 9.46 Å². The standard InChI is InChI=1S/C15H15BN2O4/c1-8-9(2)18(16)14(19)13(20-3)12(8)22-15-17-10-6-4-5-7-11(10)21-15/h4-7H,16H2,1-3H3. The highest BCUT2D eigenvalue weighted by molar-refractivity contribution is 6.07. The molecule has 0 unspecified atom stereocenters. The molecule has 0 atom stereocenters. The quantitative estimate of drug-likeness (QED) is 0.690. The van der Waals surface area contributed by atoms with Gasteiger partial charge in [0.05, 0.1) is 7.11 Å². The summed E-state index contributed by atoms with van der Waals surface area (Å²) in [6, 6.07) is 7.34. The fraction of sp³-hybridized carbons (Fsp3) is 0.200. The van der Waals surface area contributed by atoms with E-state index in [9.17, 15) is 4.79 Å². The first-order valence-electron chi connectivity index (χ1n) is 6.80. The van der Waals surface area contributed by atoms with Crippen molar-refractivity contribution in [3.63, 3.8) is 0 Å². The minimum Gasteiger partial charge on any atom is -0.489 e. The van der Waals surface area contributed by atoms with Crippen molar-refractivity contribution < 1.29 is 13.9 Å². The van der Waals surface area contributed by atoms with E-state index in [-0.39, 0.29) is 17.4 Å². The molecule has 0 aliphatic carbocycles. The Kier molecular flexibility index (Phi) is 3.40. The summed E-state index contributed by atoms with van der Waals surface area (Å²) in [6.07, 6.45) is 0.0789. The summed E-state index contributed by atoms with van der Waals surface area (Å²) in [5, 5.41) is 0. The average molecular weight is 298 g/mol. The van der Waals surface area contributed by atoms with Crippen LogP contribution in [0.1, 0.15) is 11.3 Å². The topological polar surface area (TPSA) is 66.5 Å². The van der Waals surface area contributed by atoms with Crippen LogP contribution in [0.25, 0.3) is 11.1 Å². The van der Waals surface area contributed by atoms with Gasteiger partial charge in [-0.3, -0.25) is 4.79 Å². The number of methoxy groups -OCH3 is 1. The molecule has 0 saturated heterocycles. The van der Waals surface area contributed by atoms with E-state index in [4.69, 9.17) is 13.9 Å². The number of hydrogen-bond donors (Lipinski definition) is 0. The molecule has 7 heteroatoms. The Morgan fingerprint density at radius 3 is 2.64 bits per heavy atom. The first-order chi connectivity index (χ1) is 10.5. The first kappa shape index (κ1) is 14.3. The average Bonchev–Trinajstić information content (AvgIpc) is 2.93. The first-order valence-corrected chi connectivity index (χ1v) is 6.80. The van der Waals surface area contributed by atoms with Crippen LogP contribution >= 0.6 is 0 Å². The van der Waals surface area contributed by atoms with Gasteiger partial charge in [-0.2, -0.15) is 4.98 Å². The third-order valence-electron chi connectivity index (χ3n) is 3.76. The lowest BCUT2D eigenvalue weighted by Gasteiger charge is -2.15. The molecule has 0 N–H and O–H groups in total. The van der Waals surface area contributed by atoms with Crippen LogP contribution in [-0.4, -0.2) is 24.6 Å². The Morgan fingerprint density at radius 1 is 1.23 bits per heavy atom. The van der Waals surface area contributed by atoms with E-state index in [2.05, 4.69) is 4.98 Å². The minimum absolute atomic E-state index is 0.0789. The normalized spacial score (nSPS) is 10.9. The third-order valence-corrected chi connectivity index (χ3v) is 3.76. The van der Waals surface area contributed by atoms with Crippen LogP contribution in [0.3, 0.4) is 0 Å². The summed E-state index contributed by atoms with van der Waals surface area (Å²) in [6.45, 7) is 3.70. The van der Waals surface area contributed by atoms with Crippen molar-refractivity contribution in [3.8, 4) is 17.6 Å². The summed E-state index contributed by atoms with van der Waals surface area (Å²) < 4.78 is 18.0. The second-order valence-electron chi connectivity index (χ2n) is 4.99. The number of fused-ring (bicyclic) bond motifs is 1. The molecule has 0 radical (unpaired) electrons. The second kappa shape index (κ2) is 5.25. The predicted octanol–water partition coefficient (Wildman–Crippen LogP) is 1.80. The van der Waals surface area contributed by atoms with E-state index in [1.807, 2.05) is 32.0 Å². The summed E-state index contributed by atoms with van der Waals surface area (Å²) in [4.78, 5) is 16.5. The van der Waals surface area contributed by atoms with Crippen molar-refractivity contribution in [2.75, 3.05) is 7.11 Å². The maximum atomic E-state index is 12.3. The number of nitrogens with zero attached hydrogens (tertiary/aromatic N) is 2. The molecule has 0 aliphatic heterocycles. The largest absolute Gasteiger partial charge is 0.489 e. The summed E-state index contributed by atoms with van der Waals surface area (Å²) in [7, 11) is 3.13. The van der Waals surface area contributed by atoms with Gasteiger partial charge in [0.1, 0.15) is 5.52 Å². The van der Waals surface area contributed by atoms with Gasteiger partial charge in [-0.1, -0.05) is 12.1 Å². The molecule has 0 spiro atoms. The molecule has 2 aromatic heterocycles. The Hall–Kier alpha value is -2.70. The lowest BCUT2D eigenvalue weighted by atomic mass is 10.1. The van der Waals surface area contributed by atoms with E-state index in [0.717, 1.165) is 11.3 Å². The van der Waals surface area contributed by atoms with Gasteiger partial charge >= 0.3 is 6.08 Å². The van der Waals surface area contributed by atoms with Gasteiger partial charge in [-0.25, -0.2) is 0 Å². The summed E-state index contributed by atoms with van der Waals surface area (Å²) in [5.41, 5.74) is 2.62. The zero-order valence-corrected chi connectivity index (χ0v) is 12.8. The number of aromatic nitrogens is 2. The summed E-state index contributed by atoms with van der Waals surface area (Å²) in [5.74, 6) is 0.461. The Balaban J connectivity index is 2.14. The maximum Gasteiger partial charge on any atom is 0.400 e. The molecule has 112 valence electrons. The molecule has 0 saturated carbocycles. The highest BCUT2D eigenvalue weighted by Gasteiger charge is 2.20. The molecule has 0 aliphatic rings. The highest BCUT2D eigenvalue weighted by Crippen LogP contribution is 2.34. The smallest absolute Gasteiger partial charge is 0.400 e. The van der Waals surface area contributed by atoms with Gasteiger partial charge in [0, 0.05) is 11.3 Å². The highest BCUT2D eigenvalue weighted by atomic mass is 16.6. The Bertz CT molecular complexity index is 881. The van der Waals surface area contributed by atoms with Crippen molar-refractivity contribution in [2.24, 2.45) is 0 Å². The molecule has 0 bridgehead atoms. The number of para-hydroxylation sites is 2. The van der Waals surface area contributed by atoms with E-state index in [0.29, 0.717) is 16.8 Å². The number of pyridine rings is 1. The van der Waals surface area contributed by atoms with E-state index < -0.39 is 0 Å². The van der Waals surface area contributed by atoms with Crippen molar-refractivity contribution >= 4 is 19.1 Å². The van der Waals surface area contributed by atoms with E-state index in [1.54, 1.807) is 14.0 Å². The van der Waals surface area contributed by atoms with Gasteiger partial charge in [0.2, 0.25) is 13.7 Å². The molecule has 3 rings (SSSR count). The Morgan fingerprint density at radius 2 is 1.95 bits per heavy atom. The lowest BCUT2D eigenvalue weighted by Crippen LogP contribution is -2.23. The molecular weight excluding hydrogens is 283 g/mol. The second-order valence-corrected chi connectivity index (χ2v) is 4.99. The van der Waals surface area contributed by atoms with Gasteiger partial charge in [0.25, 0.3) is 5.56 Å². The number of oxazole rings is 1. The van der Waals surface area contributed by atoms with Gasteiger partial charge in [0.15, 0.2) is 11.3 Å². The van der Waals surface area contributed by atoms with Crippen LogP contribution in [-0.2, 0) is 0 Å². The lowest BCUT2D eigenvalue weighted by molar-refractivity contribution is 0.314. The molecule has 0 fully saturated rings. The van der Waals surface area contributed by atoms with Gasteiger partial charge < -0.3 is 18.4 Å². The van der Waals surface area contributed by atoms with Crippen LogP contribution in [0.2, 0.25) is 0 Å². The SMILES string of the molecule is Bn1c(C)c(C)c(Oc2nc3ccccc3o2)c(OC)c1=O. The molecule has 22 heavy (non-hydrogen) atoms. The number of ether oxygens (including phenoxy) is 2. The zero-order valence-electron chi connectivity index (χ0n) is 12.8. The summed E-state index contributed by atoms with van der Waals surface area (Å²) >= 11 is 0. The van der Waals surface area contributed by atoms with Gasteiger partial charge in [-0.15, -0.1) is 0 Å². The van der Waals surface area contributed by atoms with Crippen molar-refractivity contribution in [3.05, 3.63) is 45.9 Å². The fourth-order valence-electron chi connectivity index (χ4n) is 2.27. The van der Waals surface area contributed by atoms with Crippen LogP contribution in [0.15, 0.2) is 33.5 Å². The molecule has 6 nitrogen and oxygen atoms in total.